The molecule has 1 N–H and O–H groups in total. The molecule has 0 spiro atoms. The number of nitrogens with one attached hydrogen (secondary N) is 1. The summed E-state index contributed by atoms with van der Waals surface area (Å²) in [4.78, 5) is 11.9. The van der Waals surface area contributed by atoms with Crippen LogP contribution in [0.15, 0.2) is 42.1 Å². The molecule has 0 fully saturated rings. The van der Waals surface area contributed by atoms with Crippen molar-refractivity contribution in [1.29, 1.82) is 5.26 Å². The maximum atomic E-state index is 11.9. The number of nitriles is 1. The number of hydrogen-bond donors (Lipinski definition) is 1. The Kier molecular flexibility index (Phi) is 4.18. The van der Waals surface area contributed by atoms with Crippen LogP contribution >= 0.6 is 11.6 Å². The SMILES string of the molecule is Cn1ccc(NC(=O)C(C#N)=Cc2ccc(Cl)cc2)n1. The van der Waals surface area contributed by atoms with Gasteiger partial charge in [0.05, 0.1) is 0 Å². The van der Waals surface area contributed by atoms with Gasteiger partial charge in [0.1, 0.15) is 11.6 Å². The summed E-state index contributed by atoms with van der Waals surface area (Å²) in [6, 6.07) is 10.4. The van der Waals surface area contributed by atoms with E-state index in [0.29, 0.717) is 10.8 Å². The third-order valence-corrected chi connectivity index (χ3v) is 2.75. The lowest BCUT2D eigenvalue weighted by Gasteiger charge is -2.00. The minimum absolute atomic E-state index is 0.00187. The van der Waals surface area contributed by atoms with E-state index in [-0.39, 0.29) is 5.57 Å². The summed E-state index contributed by atoms with van der Waals surface area (Å²) in [5.41, 5.74) is 0.722. The third-order valence-electron chi connectivity index (χ3n) is 2.50. The highest BCUT2D eigenvalue weighted by Crippen LogP contribution is 2.13. The minimum Gasteiger partial charge on any atom is -0.304 e. The van der Waals surface area contributed by atoms with Crippen LogP contribution in [0.3, 0.4) is 0 Å². The molecule has 0 aliphatic carbocycles. The summed E-state index contributed by atoms with van der Waals surface area (Å²) in [7, 11) is 1.74. The first-order valence-electron chi connectivity index (χ1n) is 5.77. The van der Waals surface area contributed by atoms with Gasteiger partial charge in [0.25, 0.3) is 5.91 Å². The van der Waals surface area contributed by atoms with Crippen LogP contribution in [0.1, 0.15) is 5.56 Å². The van der Waals surface area contributed by atoms with Gasteiger partial charge in [-0.15, -0.1) is 0 Å². The second-order valence-corrected chi connectivity index (χ2v) is 4.49. The number of rotatable bonds is 3. The fourth-order valence-electron chi connectivity index (χ4n) is 1.54. The van der Waals surface area contributed by atoms with E-state index in [4.69, 9.17) is 16.9 Å². The molecule has 0 saturated heterocycles. The highest BCUT2D eigenvalue weighted by molar-refractivity contribution is 6.30. The first kappa shape index (κ1) is 13.8. The Morgan fingerprint density at radius 2 is 2.10 bits per heavy atom. The van der Waals surface area contributed by atoms with Crippen LogP contribution in [-0.4, -0.2) is 15.7 Å². The maximum absolute atomic E-state index is 11.9. The molecule has 5 nitrogen and oxygen atoms in total. The average Bonchev–Trinajstić information content (AvgIpc) is 2.83. The van der Waals surface area contributed by atoms with Crippen molar-refractivity contribution < 1.29 is 4.79 Å². The van der Waals surface area contributed by atoms with Gasteiger partial charge < -0.3 is 5.32 Å². The van der Waals surface area contributed by atoms with E-state index in [1.165, 1.54) is 6.08 Å². The summed E-state index contributed by atoms with van der Waals surface area (Å²) < 4.78 is 1.56. The van der Waals surface area contributed by atoms with Crippen molar-refractivity contribution in [2.24, 2.45) is 7.05 Å². The molecular weight excluding hydrogens is 276 g/mol. The molecule has 0 saturated carbocycles. The average molecular weight is 287 g/mol. The fraction of sp³-hybridized carbons (Fsp3) is 0.0714. The van der Waals surface area contributed by atoms with E-state index in [1.807, 2.05) is 6.07 Å². The lowest BCUT2D eigenvalue weighted by atomic mass is 10.1. The van der Waals surface area contributed by atoms with Crippen LogP contribution in [0.2, 0.25) is 5.02 Å². The molecule has 100 valence electrons. The number of carbonyl (C=O) groups is 1. The lowest BCUT2D eigenvalue weighted by molar-refractivity contribution is -0.112. The molecule has 1 heterocycles. The molecule has 2 rings (SSSR count). The summed E-state index contributed by atoms with van der Waals surface area (Å²) >= 11 is 5.78. The first-order valence-corrected chi connectivity index (χ1v) is 6.14. The highest BCUT2D eigenvalue weighted by Gasteiger charge is 2.10. The fourth-order valence-corrected chi connectivity index (χ4v) is 1.67. The summed E-state index contributed by atoms with van der Waals surface area (Å²) in [5, 5.41) is 16.2. The Morgan fingerprint density at radius 1 is 1.40 bits per heavy atom. The standard InChI is InChI=1S/C14H11ClN4O/c1-19-7-6-13(18-19)17-14(20)11(9-16)8-10-2-4-12(15)5-3-10/h2-8H,1H3,(H,17,18,20). The van der Waals surface area contributed by atoms with Gasteiger partial charge in [-0.3, -0.25) is 9.48 Å². The molecular formula is C14H11ClN4O. The van der Waals surface area contributed by atoms with Gasteiger partial charge >= 0.3 is 0 Å². The van der Waals surface area contributed by atoms with Crippen molar-refractivity contribution in [3.63, 3.8) is 0 Å². The van der Waals surface area contributed by atoms with Crippen LogP contribution in [0.4, 0.5) is 5.82 Å². The van der Waals surface area contributed by atoms with Gasteiger partial charge in [0.15, 0.2) is 5.82 Å². The van der Waals surface area contributed by atoms with Gasteiger partial charge in [-0.05, 0) is 23.8 Å². The maximum Gasteiger partial charge on any atom is 0.267 e. The number of halogens is 1. The number of hydrogen-bond acceptors (Lipinski definition) is 3. The minimum atomic E-state index is -0.499. The van der Waals surface area contributed by atoms with E-state index in [1.54, 1.807) is 48.3 Å². The van der Waals surface area contributed by atoms with Gasteiger partial charge in [0, 0.05) is 24.3 Å². The van der Waals surface area contributed by atoms with Gasteiger partial charge in [-0.1, -0.05) is 23.7 Å². The van der Waals surface area contributed by atoms with Gasteiger partial charge in [-0.2, -0.15) is 10.4 Å². The number of aryl methyl sites for hydroxylation is 1. The van der Waals surface area contributed by atoms with Crippen molar-refractivity contribution >= 4 is 29.4 Å². The number of amides is 1. The van der Waals surface area contributed by atoms with Gasteiger partial charge in [0.2, 0.25) is 0 Å². The number of carbonyl (C=O) groups excluding carboxylic acids is 1. The van der Waals surface area contributed by atoms with E-state index in [0.717, 1.165) is 5.56 Å². The molecule has 0 aliphatic rings. The molecule has 0 aliphatic heterocycles. The first-order chi connectivity index (χ1) is 9.58. The van der Waals surface area contributed by atoms with E-state index >= 15 is 0 Å². The van der Waals surface area contributed by atoms with E-state index < -0.39 is 5.91 Å². The van der Waals surface area contributed by atoms with Crippen LogP contribution in [0, 0.1) is 11.3 Å². The predicted molar refractivity (Wildman–Crippen MR) is 76.9 cm³/mol. The lowest BCUT2D eigenvalue weighted by Crippen LogP contribution is -2.14. The van der Waals surface area contributed by atoms with Gasteiger partial charge in [-0.25, -0.2) is 0 Å². The number of nitrogens with zero attached hydrogens (tertiary/aromatic N) is 3. The molecule has 1 aromatic carbocycles. The largest absolute Gasteiger partial charge is 0.304 e. The molecule has 20 heavy (non-hydrogen) atoms. The number of aromatic nitrogens is 2. The summed E-state index contributed by atoms with van der Waals surface area (Å²) in [6.07, 6.45) is 3.19. The van der Waals surface area contributed by atoms with Crippen molar-refractivity contribution in [3.8, 4) is 6.07 Å². The molecule has 0 atom stereocenters. The number of benzene rings is 1. The normalized spacial score (nSPS) is 10.9. The number of anilines is 1. The Balaban J connectivity index is 2.17. The van der Waals surface area contributed by atoms with Crippen molar-refractivity contribution in [2.75, 3.05) is 5.32 Å². The Hall–Kier alpha value is -2.58. The summed E-state index contributed by atoms with van der Waals surface area (Å²) in [5.74, 6) is -0.101. The highest BCUT2D eigenvalue weighted by atomic mass is 35.5. The molecule has 1 aromatic heterocycles. The molecule has 0 unspecified atom stereocenters. The van der Waals surface area contributed by atoms with E-state index in [2.05, 4.69) is 10.4 Å². The topological polar surface area (TPSA) is 70.7 Å². The zero-order valence-corrected chi connectivity index (χ0v) is 11.4. The van der Waals surface area contributed by atoms with Crippen LogP contribution in [0.5, 0.6) is 0 Å². The zero-order valence-electron chi connectivity index (χ0n) is 10.7. The molecule has 1 amide bonds. The molecule has 0 bridgehead atoms. The smallest absolute Gasteiger partial charge is 0.267 e. The van der Waals surface area contributed by atoms with Crippen LogP contribution < -0.4 is 5.32 Å². The second kappa shape index (κ2) is 6.04. The third kappa shape index (κ3) is 3.46. The zero-order chi connectivity index (χ0) is 14.5. The van der Waals surface area contributed by atoms with Crippen molar-refractivity contribution in [3.05, 3.63) is 52.7 Å². The predicted octanol–water partition coefficient (Wildman–Crippen LogP) is 2.62. The van der Waals surface area contributed by atoms with Crippen molar-refractivity contribution in [2.45, 2.75) is 0 Å². The molecule has 6 heteroatoms. The van der Waals surface area contributed by atoms with E-state index in [9.17, 15) is 4.79 Å². The Morgan fingerprint density at radius 3 is 2.65 bits per heavy atom. The molecule has 0 radical (unpaired) electrons. The quantitative estimate of drug-likeness (QED) is 0.696. The van der Waals surface area contributed by atoms with Crippen molar-refractivity contribution in [1.82, 2.24) is 9.78 Å². The second-order valence-electron chi connectivity index (χ2n) is 4.05. The monoisotopic (exact) mass is 286 g/mol. The summed E-state index contributed by atoms with van der Waals surface area (Å²) in [6.45, 7) is 0. The molecule has 2 aromatic rings. The Bertz CT molecular complexity index is 695. The van der Waals surface area contributed by atoms with Crippen LogP contribution in [-0.2, 0) is 11.8 Å². The Labute approximate surface area is 121 Å². The van der Waals surface area contributed by atoms with Crippen LogP contribution in [0.25, 0.3) is 6.08 Å².